The summed E-state index contributed by atoms with van der Waals surface area (Å²) in [5.41, 5.74) is 3.60. The summed E-state index contributed by atoms with van der Waals surface area (Å²) >= 11 is 0. The standard InChI is InChI=1S/C13H23N5/c1-8-4-5-11(6-8)7-15-12-9(2)13(18-14)17-10(3)16-12/h8,11H,4-7,14H2,1-3H3,(H2,15,16,17,18). The summed E-state index contributed by atoms with van der Waals surface area (Å²) in [6.45, 7) is 7.18. The van der Waals surface area contributed by atoms with Gasteiger partial charge in [0.15, 0.2) is 0 Å². The van der Waals surface area contributed by atoms with Crippen molar-refractivity contribution in [2.75, 3.05) is 17.3 Å². The van der Waals surface area contributed by atoms with Crippen molar-refractivity contribution in [2.45, 2.75) is 40.0 Å². The van der Waals surface area contributed by atoms with E-state index in [1.165, 1.54) is 19.3 Å². The highest BCUT2D eigenvalue weighted by molar-refractivity contribution is 5.56. The molecule has 2 rings (SSSR count). The molecule has 1 aromatic rings. The van der Waals surface area contributed by atoms with Crippen LogP contribution in [-0.2, 0) is 0 Å². The third-order valence-corrected chi connectivity index (χ3v) is 3.76. The van der Waals surface area contributed by atoms with Crippen LogP contribution in [0.3, 0.4) is 0 Å². The molecule has 0 saturated heterocycles. The molecule has 5 heteroatoms. The third kappa shape index (κ3) is 2.90. The first kappa shape index (κ1) is 13.1. The molecule has 2 unspecified atom stereocenters. The Balaban J connectivity index is 2.02. The molecule has 1 aromatic heterocycles. The van der Waals surface area contributed by atoms with E-state index in [-0.39, 0.29) is 0 Å². The first-order chi connectivity index (χ1) is 8.60. The van der Waals surface area contributed by atoms with E-state index in [4.69, 9.17) is 5.84 Å². The van der Waals surface area contributed by atoms with Crippen molar-refractivity contribution >= 4 is 11.6 Å². The van der Waals surface area contributed by atoms with Gasteiger partial charge in [-0.05, 0) is 38.5 Å². The Bertz CT molecular complexity index is 418. The number of hydrazine groups is 1. The van der Waals surface area contributed by atoms with E-state index in [1.807, 2.05) is 13.8 Å². The molecule has 0 aliphatic heterocycles. The fourth-order valence-electron chi connectivity index (χ4n) is 2.69. The van der Waals surface area contributed by atoms with Gasteiger partial charge >= 0.3 is 0 Å². The summed E-state index contributed by atoms with van der Waals surface area (Å²) in [6.07, 6.45) is 3.99. The summed E-state index contributed by atoms with van der Waals surface area (Å²) in [5.74, 6) is 9.42. The van der Waals surface area contributed by atoms with Gasteiger partial charge in [-0.1, -0.05) is 13.3 Å². The van der Waals surface area contributed by atoms with E-state index in [1.54, 1.807) is 0 Å². The number of hydrogen-bond acceptors (Lipinski definition) is 5. The minimum Gasteiger partial charge on any atom is -0.369 e. The van der Waals surface area contributed by atoms with Gasteiger partial charge in [0, 0.05) is 12.1 Å². The number of nitrogens with one attached hydrogen (secondary N) is 2. The summed E-state index contributed by atoms with van der Waals surface area (Å²) in [7, 11) is 0. The lowest BCUT2D eigenvalue weighted by atomic mass is 10.1. The molecule has 1 aliphatic carbocycles. The predicted octanol–water partition coefficient (Wildman–Crippen LogP) is 2.23. The molecule has 1 heterocycles. The highest BCUT2D eigenvalue weighted by Crippen LogP contribution is 2.30. The van der Waals surface area contributed by atoms with E-state index in [9.17, 15) is 0 Å². The SMILES string of the molecule is Cc1nc(NN)c(C)c(NCC2CCC(C)C2)n1. The minimum atomic E-state index is 0.699. The summed E-state index contributed by atoms with van der Waals surface area (Å²) in [5, 5.41) is 3.44. The quantitative estimate of drug-likeness (QED) is 0.563. The molecule has 0 aromatic carbocycles. The molecule has 1 fully saturated rings. The second kappa shape index (κ2) is 5.52. The largest absolute Gasteiger partial charge is 0.369 e. The van der Waals surface area contributed by atoms with Crippen LogP contribution in [0.25, 0.3) is 0 Å². The van der Waals surface area contributed by atoms with E-state index in [2.05, 4.69) is 27.6 Å². The zero-order chi connectivity index (χ0) is 13.1. The van der Waals surface area contributed by atoms with Crippen molar-refractivity contribution in [2.24, 2.45) is 17.7 Å². The van der Waals surface area contributed by atoms with Crippen LogP contribution >= 0.6 is 0 Å². The number of nitrogens with two attached hydrogens (primary N) is 1. The second-order valence-electron chi connectivity index (χ2n) is 5.40. The number of rotatable bonds is 4. The van der Waals surface area contributed by atoms with Crippen molar-refractivity contribution in [1.29, 1.82) is 0 Å². The van der Waals surface area contributed by atoms with E-state index in [0.29, 0.717) is 5.82 Å². The molecule has 0 amide bonds. The molecule has 100 valence electrons. The Kier molecular flexibility index (Phi) is 4.01. The Morgan fingerprint density at radius 2 is 1.94 bits per heavy atom. The van der Waals surface area contributed by atoms with E-state index >= 15 is 0 Å². The monoisotopic (exact) mass is 249 g/mol. The number of aromatic nitrogens is 2. The summed E-state index contributed by atoms with van der Waals surface area (Å²) in [6, 6.07) is 0. The first-order valence-corrected chi connectivity index (χ1v) is 6.66. The average molecular weight is 249 g/mol. The Morgan fingerprint density at radius 3 is 2.56 bits per heavy atom. The summed E-state index contributed by atoms with van der Waals surface area (Å²) in [4.78, 5) is 8.70. The van der Waals surface area contributed by atoms with Crippen molar-refractivity contribution in [3.63, 3.8) is 0 Å². The van der Waals surface area contributed by atoms with Crippen molar-refractivity contribution < 1.29 is 0 Å². The predicted molar refractivity (Wildman–Crippen MR) is 74.3 cm³/mol. The van der Waals surface area contributed by atoms with E-state index < -0.39 is 0 Å². The maximum absolute atomic E-state index is 5.46. The molecule has 0 spiro atoms. The molecule has 4 N–H and O–H groups in total. The van der Waals surface area contributed by atoms with Crippen LogP contribution in [0.4, 0.5) is 11.6 Å². The average Bonchev–Trinajstić information content (AvgIpc) is 2.75. The van der Waals surface area contributed by atoms with Crippen molar-refractivity contribution in [3.8, 4) is 0 Å². The molecular weight excluding hydrogens is 226 g/mol. The number of nitrogen functional groups attached to an aromatic ring is 1. The lowest BCUT2D eigenvalue weighted by Crippen LogP contribution is -2.17. The minimum absolute atomic E-state index is 0.699. The molecule has 18 heavy (non-hydrogen) atoms. The fourth-order valence-corrected chi connectivity index (χ4v) is 2.69. The molecule has 0 radical (unpaired) electrons. The van der Waals surface area contributed by atoms with Gasteiger partial charge in [0.25, 0.3) is 0 Å². The number of aryl methyl sites for hydroxylation is 1. The topological polar surface area (TPSA) is 75.9 Å². The van der Waals surface area contributed by atoms with Gasteiger partial charge in [0.05, 0.1) is 0 Å². The summed E-state index contributed by atoms with van der Waals surface area (Å²) < 4.78 is 0. The lowest BCUT2D eigenvalue weighted by Gasteiger charge is -2.15. The van der Waals surface area contributed by atoms with Gasteiger partial charge in [0.1, 0.15) is 17.5 Å². The van der Waals surface area contributed by atoms with Crippen LogP contribution in [0.2, 0.25) is 0 Å². The van der Waals surface area contributed by atoms with Crippen LogP contribution < -0.4 is 16.6 Å². The van der Waals surface area contributed by atoms with Crippen LogP contribution in [0, 0.1) is 25.7 Å². The fraction of sp³-hybridized carbons (Fsp3) is 0.692. The van der Waals surface area contributed by atoms with Crippen LogP contribution in [0.1, 0.15) is 37.6 Å². The Labute approximate surface area is 109 Å². The number of nitrogens with zero attached hydrogens (tertiary/aromatic N) is 2. The van der Waals surface area contributed by atoms with Crippen LogP contribution in [0.15, 0.2) is 0 Å². The van der Waals surface area contributed by atoms with Gasteiger partial charge in [-0.15, -0.1) is 0 Å². The van der Waals surface area contributed by atoms with Gasteiger partial charge in [0.2, 0.25) is 0 Å². The highest BCUT2D eigenvalue weighted by atomic mass is 15.3. The van der Waals surface area contributed by atoms with Gasteiger partial charge in [-0.25, -0.2) is 15.8 Å². The van der Waals surface area contributed by atoms with Gasteiger partial charge < -0.3 is 10.7 Å². The first-order valence-electron chi connectivity index (χ1n) is 6.66. The smallest absolute Gasteiger partial charge is 0.148 e. The molecule has 1 saturated carbocycles. The van der Waals surface area contributed by atoms with Crippen LogP contribution in [-0.4, -0.2) is 16.5 Å². The maximum Gasteiger partial charge on any atom is 0.148 e. The second-order valence-corrected chi connectivity index (χ2v) is 5.40. The molecule has 5 nitrogen and oxygen atoms in total. The van der Waals surface area contributed by atoms with Gasteiger partial charge in [-0.2, -0.15) is 0 Å². The van der Waals surface area contributed by atoms with Gasteiger partial charge in [-0.3, -0.25) is 0 Å². The van der Waals surface area contributed by atoms with Crippen molar-refractivity contribution in [1.82, 2.24) is 9.97 Å². The number of anilines is 2. The maximum atomic E-state index is 5.46. The normalized spacial score (nSPS) is 23.1. The zero-order valence-electron chi connectivity index (χ0n) is 11.5. The third-order valence-electron chi connectivity index (χ3n) is 3.76. The Morgan fingerprint density at radius 1 is 1.22 bits per heavy atom. The highest BCUT2D eigenvalue weighted by Gasteiger charge is 2.21. The molecule has 1 aliphatic rings. The van der Waals surface area contributed by atoms with E-state index in [0.717, 1.165) is 35.6 Å². The molecule has 0 bridgehead atoms. The van der Waals surface area contributed by atoms with Crippen LogP contribution in [0.5, 0.6) is 0 Å². The number of hydrogen-bond donors (Lipinski definition) is 3. The molecular formula is C13H23N5. The van der Waals surface area contributed by atoms with Crippen molar-refractivity contribution in [3.05, 3.63) is 11.4 Å². The zero-order valence-corrected chi connectivity index (χ0v) is 11.5. The molecule has 2 atom stereocenters. The lowest BCUT2D eigenvalue weighted by molar-refractivity contribution is 0.536. The Hall–Kier alpha value is -1.36.